The molecule has 1 aromatic carbocycles. The molecular formula is C13H18N2O5. The molecule has 0 aliphatic rings. The van der Waals surface area contributed by atoms with Crippen molar-refractivity contribution in [2.75, 3.05) is 26.9 Å². The first-order chi connectivity index (χ1) is 9.27. The van der Waals surface area contributed by atoms with Crippen LogP contribution in [0.4, 0.5) is 5.69 Å². The standard InChI is InChI=1S/C13H18N2O5/c1-7(12(16)15(2)3)20-11-5-8(13(17)18)9(14)6-10(11)19-4/h5-7H,14H2,1-4H3,(H,17,18). The highest BCUT2D eigenvalue weighted by molar-refractivity contribution is 5.94. The number of anilines is 1. The maximum absolute atomic E-state index is 11.8. The number of methoxy groups -OCH3 is 1. The van der Waals surface area contributed by atoms with Gasteiger partial charge in [0.15, 0.2) is 17.6 Å². The summed E-state index contributed by atoms with van der Waals surface area (Å²) in [6, 6.07) is 2.60. The monoisotopic (exact) mass is 282 g/mol. The molecule has 1 amide bonds. The lowest BCUT2D eigenvalue weighted by Gasteiger charge is -2.20. The molecule has 20 heavy (non-hydrogen) atoms. The van der Waals surface area contributed by atoms with Crippen molar-refractivity contribution in [3.05, 3.63) is 17.7 Å². The van der Waals surface area contributed by atoms with Gasteiger partial charge in [-0.05, 0) is 6.92 Å². The average Bonchev–Trinajstić information content (AvgIpc) is 2.38. The lowest BCUT2D eigenvalue weighted by Crippen LogP contribution is -2.35. The number of carbonyl (C=O) groups is 2. The van der Waals surface area contributed by atoms with Crippen molar-refractivity contribution in [2.24, 2.45) is 0 Å². The van der Waals surface area contributed by atoms with E-state index in [1.807, 2.05) is 0 Å². The summed E-state index contributed by atoms with van der Waals surface area (Å²) in [7, 11) is 4.61. The Bertz CT molecular complexity index is 528. The predicted molar refractivity (Wildman–Crippen MR) is 73.1 cm³/mol. The summed E-state index contributed by atoms with van der Waals surface area (Å²) >= 11 is 0. The van der Waals surface area contributed by atoms with Crippen molar-refractivity contribution in [3.8, 4) is 11.5 Å². The Morgan fingerprint density at radius 2 is 1.90 bits per heavy atom. The predicted octanol–water partition coefficient (Wildman–Crippen LogP) is 0.831. The van der Waals surface area contributed by atoms with Gasteiger partial charge in [-0.15, -0.1) is 0 Å². The summed E-state index contributed by atoms with van der Waals surface area (Å²) < 4.78 is 10.5. The number of nitrogen functional groups attached to an aromatic ring is 1. The van der Waals surface area contributed by atoms with Gasteiger partial charge in [-0.25, -0.2) is 4.79 Å². The van der Waals surface area contributed by atoms with Crippen LogP contribution in [0.2, 0.25) is 0 Å². The Labute approximate surface area is 116 Å². The zero-order valence-electron chi connectivity index (χ0n) is 11.8. The molecule has 0 bridgehead atoms. The average molecular weight is 282 g/mol. The Morgan fingerprint density at radius 3 is 2.35 bits per heavy atom. The van der Waals surface area contributed by atoms with Crippen molar-refractivity contribution in [1.29, 1.82) is 0 Å². The third kappa shape index (κ3) is 3.31. The number of nitrogens with zero attached hydrogens (tertiary/aromatic N) is 1. The molecule has 3 N–H and O–H groups in total. The third-order valence-electron chi connectivity index (χ3n) is 2.66. The Hall–Kier alpha value is -2.44. The number of likely N-dealkylation sites (N-methyl/N-ethyl adjacent to an activating group) is 1. The number of benzene rings is 1. The van der Waals surface area contributed by atoms with Gasteiger partial charge in [0, 0.05) is 26.2 Å². The normalized spacial score (nSPS) is 11.6. The first kappa shape index (κ1) is 15.6. The van der Waals surface area contributed by atoms with Crippen LogP contribution in [0.15, 0.2) is 12.1 Å². The van der Waals surface area contributed by atoms with E-state index in [1.165, 1.54) is 24.1 Å². The lowest BCUT2D eigenvalue weighted by atomic mass is 10.1. The van der Waals surface area contributed by atoms with Crippen molar-refractivity contribution in [3.63, 3.8) is 0 Å². The van der Waals surface area contributed by atoms with Crippen LogP contribution in [0.5, 0.6) is 11.5 Å². The molecule has 110 valence electrons. The lowest BCUT2D eigenvalue weighted by molar-refractivity contribution is -0.135. The van der Waals surface area contributed by atoms with E-state index in [2.05, 4.69) is 0 Å². The third-order valence-corrected chi connectivity index (χ3v) is 2.66. The second-order valence-corrected chi connectivity index (χ2v) is 4.39. The molecule has 0 heterocycles. The molecule has 0 aromatic heterocycles. The van der Waals surface area contributed by atoms with Crippen LogP contribution >= 0.6 is 0 Å². The highest BCUT2D eigenvalue weighted by Gasteiger charge is 2.21. The molecule has 0 aliphatic carbocycles. The number of hydrogen-bond donors (Lipinski definition) is 2. The van der Waals surface area contributed by atoms with Crippen LogP contribution in [-0.4, -0.2) is 49.2 Å². The van der Waals surface area contributed by atoms with Gasteiger partial charge in [-0.3, -0.25) is 4.79 Å². The summed E-state index contributed by atoms with van der Waals surface area (Å²) in [6.07, 6.45) is -0.774. The molecule has 1 unspecified atom stereocenters. The summed E-state index contributed by atoms with van der Waals surface area (Å²) in [5, 5.41) is 9.03. The van der Waals surface area contributed by atoms with E-state index < -0.39 is 12.1 Å². The van der Waals surface area contributed by atoms with Crippen molar-refractivity contribution in [2.45, 2.75) is 13.0 Å². The fourth-order valence-corrected chi connectivity index (χ4v) is 1.62. The van der Waals surface area contributed by atoms with Crippen molar-refractivity contribution >= 4 is 17.6 Å². The van der Waals surface area contributed by atoms with Crippen molar-refractivity contribution in [1.82, 2.24) is 4.90 Å². The smallest absolute Gasteiger partial charge is 0.337 e. The zero-order chi connectivity index (χ0) is 15.4. The maximum Gasteiger partial charge on any atom is 0.337 e. The van der Waals surface area contributed by atoms with Crippen LogP contribution in [0.25, 0.3) is 0 Å². The SMILES string of the molecule is COc1cc(N)c(C(=O)O)cc1OC(C)C(=O)N(C)C. The van der Waals surface area contributed by atoms with Crippen LogP contribution in [0.1, 0.15) is 17.3 Å². The van der Waals surface area contributed by atoms with Gasteiger partial charge in [-0.2, -0.15) is 0 Å². The second-order valence-electron chi connectivity index (χ2n) is 4.39. The van der Waals surface area contributed by atoms with Gasteiger partial charge in [0.25, 0.3) is 5.91 Å². The Balaban J connectivity index is 3.13. The number of carboxylic acids is 1. The second kappa shape index (κ2) is 6.14. The summed E-state index contributed by atoms with van der Waals surface area (Å²) in [6.45, 7) is 1.57. The van der Waals surface area contributed by atoms with E-state index in [0.29, 0.717) is 0 Å². The minimum atomic E-state index is -1.18. The Kier molecular flexibility index (Phi) is 4.79. The highest BCUT2D eigenvalue weighted by Crippen LogP contribution is 2.33. The first-order valence-corrected chi connectivity index (χ1v) is 5.86. The Morgan fingerprint density at radius 1 is 1.30 bits per heavy atom. The molecule has 1 aromatic rings. The molecule has 1 rings (SSSR count). The van der Waals surface area contributed by atoms with E-state index in [0.717, 1.165) is 0 Å². The quantitative estimate of drug-likeness (QED) is 0.776. The van der Waals surface area contributed by atoms with E-state index in [1.54, 1.807) is 21.0 Å². The van der Waals surface area contributed by atoms with E-state index >= 15 is 0 Å². The zero-order valence-corrected chi connectivity index (χ0v) is 11.8. The molecule has 0 spiro atoms. The molecule has 0 aliphatic heterocycles. The number of nitrogens with two attached hydrogens (primary N) is 1. The number of amides is 1. The first-order valence-electron chi connectivity index (χ1n) is 5.86. The number of aromatic carboxylic acids is 1. The molecule has 7 nitrogen and oxygen atoms in total. The molecule has 0 saturated heterocycles. The largest absolute Gasteiger partial charge is 0.493 e. The highest BCUT2D eigenvalue weighted by atomic mass is 16.5. The summed E-state index contributed by atoms with van der Waals surface area (Å²) in [5.41, 5.74) is 5.57. The van der Waals surface area contributed by atoms with Gasteiger partial charge in [0.1, 0.15) is 0 Å². The molecule has 0 fully saturated rings. The van der Waals surface area contributed by atoms with E-state index in [-0.39, 0.29) is 28.7 Å². The molecule has 1 atom stereocenters. The van der Waals surface area contributed by atoms with E-state index in [9.17, 15) is 9.59 Å². The minimum absolute atomic E-state index is 0.0632. The van der Waals surface area contributed by atoms with Crippen LogP contribution in [-0.2, 0) is 4.79 Å². The number of rotatable bonds is 5. The minimum Gasteiger partial charge on any atom is -0.493 e. The molecule has 0 radical (unpaired) electrons. The molecule has 7 heteroatoms. The van der Waals surface area contributed by atoms with Crippen LogP contribution < -0.4 is 15.2 Å². The van der Waals surface area contributed by atoms with Crippen LogP contribution in [0.3, 0.4) is 0 Å². The fraction of sp³-hybridized carbons (Fsp3) is 0.385. The van der Waals surface area contributed by atoms with Gasteiger partial charge in [-0.1, -0.05) is 0 Å². The summed E-state index contributed by atoms with van der Waals surface area (Å²) in [4.78, 5) is 24.2. The number of carboxylic acid groups (broad SMARTS) is 1. The van der Waals surface area contributed by atoms with E-state index in [4.69, 9.17) is 20.3 Å². The van der Waals surface area contributed by atoms with Gasteiger partial charge >= 0.3 is 5.97 Å². The van der Waals surface area contributed by atoms with Gasteiger partial charge < -0.3 is 25.2 Å². The van der Waals surface area contributed by atoms with Gasteiger partial charge in [0.2, 0.25) is 0 Å². The molecular weight excluding hydrogens is 264 g/mol. The topological polar surface area (TPSA) is 102 Å². The number of ether oxygens (including phenoxy) is 2. The van der Waals surface area contributed by atoms with Crippen LogP contribution in [0, 0.1) is 0 Å². The summed E-state index contributed by atoms with van der Waals surface area (Å²) in [5.74, 6) is -1.00. The fourth-order valence-electron chi connectivity index (χ4n) is 1.62. The number of hydrogen-bond acceptors (Lipinski definition) is 5. The number of carbonyl (C=O) groups excluding carboxylic acids is 1. The molecule has 0 saturated carbocycles. The maximum atomic E-state index is 11.8. The van der Waals surface area contributed by atoms with Gasteiger partial charge in [0.05, 0.1) is 18.4 Å². The van der Waals surface area contributed by atoms with Crippen molar-refractivity contribution < 1.29 is 24.2 Å².